The number of carbonyl (C=O) groups excluding carboxylic acids is 2. The van der Waals surface area contributed by atoms with Gasteiger partial charge in [0.2, 0.25) is 11.8 Å². The van der Waals surface area contributed by atoms with E-state index in [4.69, 9.17) is 23.2 Å². The monoisotopic (exact) mass is 466 g/mol. The fraction of sp³-hybridized carbons (Fsp3) is 0.391. The van der Waals surface area contributed by atoms with Gasteiger partial charge in [0.25, 0.3) is 0 Å². The number of nitrogens with zero attached hydrogens (tertiary/aromatic N) is 1. The summed E-state index contributed by atoms with van der Waals surface area (Å²) in [5.74, 6) is -0.00513. The van der Waals surface area contributed by atoms with E-state index in [0.717, 1.165) is 16.9 Å². The fourth-order valence-electron chi connectivity index (χ4n) is 2.98. The lowest BCUT2D eigenvalue weighted by Gasteiger charge is -2.31. The highest BCUT2D eigenvalue weighted by Gasteiger charge is 2.28. The average Bonchev–Trinajstić information content (AvgIpc) is 2.73. The number of carbonyl (C=O) groups is 2. The van der Waals surface area contributed by atoms with Gasteiger partial charge in [0.15, 0.2) is 0 Å². The normalized spacial score (nSPS) is 11.8. The van der Waals surface area contributed by atoms with Gasteiger partial charge >= 0.3 is 0 Å². The first-order valence-corrected chi connectivity index (χ1v) is 11.8. The van der Waals surface area contributed by atoms with Crippen molar-refractivity contribution in [1.82, 2.24) is 10.2 Å². The van der Waals surface area contributed by atoms with Crippen molar-refractivity contribution in [2.45, 2.75) is 51.1 Å². The van der Waals surface area contributed by atoms with E-state index < -0.39 is 6.04 Å². The SMILES string of the molecule is CCCNC(=O)C(CC)N(Cc1ccc(Cl)cc1Cl)C(=O)CSc1ccc(C)cc1. The zero-order valence-corrected chi connectivity index (χ0v) is 19.9. The van der Waals surface area contributed by atoms with E-state index in [2.05, 4.69) is 5.32 Å². The minimum absolute atomic E-state index is 0.106. The van der Waals surface area contributed by atoms with Crippen LogP contribution in [0.15, 0.2) is 47.4 Å². The molecule has 1 unspecified atom stereocenters. The van der Waals surface area contributed by atoms with Crippen LogP contribution in [0.4, 0.5) is 0 Å². The van der Waals surface area contributed by atoms with Gasteiger partial charge in [-0.25, -0.2) is 0 Å². The van der Waals surface area contributed by atoms with Crippen LogP contribution in [0.25, 0.3) is 0 Å². The van der Waals surface area contributed by atoms with Crippen molar-refractivity contribution >= 4 is 46.8 Å². The van der Waals surface area contributed by atoms with Crippen LogP contribution >= 0.6 is 35.0 Å². The molecule has 0 aliphatic heterocycles. The van der Waals surface area contributed by atoms with E-state index in [9.17, 15) is 9.59 Å². The Morgan fingerprint density at radius 2 is 1.80 bits per heavy atom. The van der Waals surface area contributed by atoms with Gasteiger partial charge in [-0.1, -0.05) is 60.8 Å². The summed E-state index contributed by atoms with van der Waals surface area (Å²) in [4.78, 5) is 28.6. The summed E-state index contributed by atoms with van der Waals surface area (Å²) in [6, 6.07) is 12.7. The molecule has 2 amide bonds. The summed E-state index contributed by atoms with van der Waals surface area (Å²) in [6.07, 6.45) is 1.35. The molecule has 0 spiro atoms. The second-order valence-electron chi connectivity index (χ2n) is 7.07. The third-order valence-corrected chi connectivity index (χ3v) is 6.26. The van der Waals surface area contributed by atoms with Gasteiger partial charge in [0.05, 0.1) is 5.75 Å². The molecule has 7 heteroatoms. The molecule has 0 radical (unpaired) electrons. The van der Waals surface area contributed by atoms with Crippen LogP contribution in [0, 0.1) is 6.92 Å². The summed E-state index contributed by atoms with van der Waals surface area (Å²) in [5, 5.41) is 3.93. The van der Waals surface area contributed by atoms with Crippen molar-refractivity contribution in [3.63, 3.8) is 0 Å². The lowest BCUT2D eigenvalue weighted by atomic mass is 10.1. The first-order valence-electron chi connectivity index (χ1n) is 10.1. The van der Waals surface area contributed by atoms with Crippen LogP contribution in [0.2, 0.25) is 10.0 Å². The zero-order chi connectivity index (χ0) is 22.1. The second-order valence-corrected chi connectivity index (χ2v) is 8.97. The maximum Gasteiger partial charge on any atom is 0.242 e. The molecule has 0 heterocycles. The van der Waals surface area contributed by atoms with Crippen LogP contribution < -0.4 is 5.32 Å². The Morgan fingerprint density at radius 3 is 2.40 bits per heavy atom. The van der Waals surface area contributed by atoms with Gasteiger partial charge in [0, 0.05) is 28.0 Å². The quantitative estimate of drug-likeness (QED) is 0.454. The van der Waals surface area contributed by atoms with Crippen LogP contribution in [0.5, 0.6) is 0 Å². The van der Waals surface area contributed by atoms with Gasteiger partial charge in [-0.2, -0.15) is 0 Å². The van der Waals surface area contributed by atoms with Crippen LogP contribution in [0.1, 0.15) is 37.8 Å². The predicted molar refractivity (Wildman–Crippen MR) is 126 cm³/mol. The van der Waals surface area contributed by atoms with E-state index in [1.54, 1.807) is 23.1 Å². The number of rotatable bonds is 10. The van der Waals surface area contributed by atoms with Gasteiger partial charge < -0.3 is 10.2 Å². The minimum atomic E-state index is -0.561. The van der Waals surface area contributed by atoms with Crippen LogP contribution in [0.3, 0.4) is 0 Å². The summed E-state index contributed by atoms with van der Waals surface area (Å²) < 4.78 is 0. The number of amides is 2. The molecular formula is C23H28Cl2N2O2S. The van der Waals surface area contributed by atoms with Crippen molar-refractivity contribution in [2.24, 2.45) is 0 Å². The second kappa shape index (κ2) is 12.2. The van der Waals surface area contributed by atoms with E-state index >= 15 is 0 Å². The molecule has 1 N–H and O–H groups in total. The Morgan fingerprint density at radius 1 is 1.10 bits per heavy atom. The van der Waals surface area contributed by atoms with E-state index in [1.807, 2.05) is 45.0 Å². The smallest absolute Gasteiger partial charge is 0.242 e. The Labute approximate surface area is 193 Å². The molecule has 0 aromatic heterocycles. The van der Waals surface area contributed by atoms with Gasteiger partial charge in [-0.05, 0) is 49.6 Å². The minimum Gasteiger partial charge on any atom is -0.354 e. The maximum atomic E-state index is 13.2. The standard InChI is InChI=1S/C23H28Cl2N2O2S/c1-4-12-26-23(29)21(5-2)27(14-17-8-9-18(24)13-20(17)25)22(28)15-30-19-10-6-16(3)7-11-19/h6-11,13,21H,4-5,12,14-15H2,1-3H3,(H,26,29). The first-order chi connectivity index (χ1) is 14.3. The number of halogens is 2. The first kappa shape index (κ1) is 24.6. The van der Waals surface area contributed by atoms with Crippen LogP contribution in [-0.2, 0) is 16.1 Å². The zero-order valence-electron chi connectivity index (χ0n) is 17.6. The molecule has 0 aliphatic carbocycles. The van der Waals surface area contributed by atoms with E-state index in [1.165, 1.54) is 17.3 Å². The number of hydrogen-bond acceptors (Lipinski definition) is 3. The van der Waals surface area contributed by atoms with Crippen molar-refractivity contribution in [3.05, 3.63) is 63.6 Å². The fourth-order valence-corrected chi connectivity index (χ4v) is 4.23. The number of aryl methyl sites for hydroxylation is 1. The molecule has 4 nitrogen and oxygen atoms in total. The third-order valence-electron chi connectivity index (χ3n) is 4.67. The lowest BCUT2D eigenvalue weighted by molar-refractivity contribution is -0.139. The van der Waals surface area contributed by atoms with Gasteiger partial charge in [0.1, 0.15) is 6.04 Å². The molecule has 30 heavy (non-hydrogen) atoms. The molecule has 0 saturated carbocycles. The molecule has 2 aromatic carbocycles. The summed E-state index contributed by atoms with van der Waals surface area (Å²) in [5.41, 5.74) is 1.93. The third kappa shape index (κ3) is 7.22. The Kier molecular flexibility index (Phi) is 10.0. The van der Waals surface area contributed by atoms with Crippen LogP contribution in [-0.4, -0.2) is 35.1 Å². The topological polar surface area (TPSA) is 49.4 Å². The molecule has 162 valence electrons. The van der Waals surface area contributed by atoms with Crippen molar-refractivity contribution in [3.8, 4) is 0 Å². The van der Waals surface area contributed by atoms with Crippen molar-refractivity contribution in [2.75, 3.05) is 12.3 Å². The summed E-state index contributed by atoms with van der Waals surface area (Å²) >= 11 is 13.8. The highest BCUT2D eigenvalue weighted by Crippen LogP contribution is 2.25. The summed E-state index contributed by atoms with van der Waals surface area (Å²) in [7, 11) is 0. The number of thioether (sulfide) groups is 1. The Balaban J connectivity index is 2.22. The van der Waals surface area contributed by atoms with Crippen molar-refractivity contribution in [1.29, 1.82) is 0 Å². The van der Waals surface area contributed by atoms with E-state index in [-0.39, 0.29) is 24.1 Å². The molecule has 0 fully saturated rings. The lowest BCUT2D eigenvalue weighted by Crippen LogP contribution is -2.49. The van der Waals surface area contributed by atoms with E-state index in [0.29, 0.717) is 23.0 Å². The highest BCUT2D eigenvalue weighted by atomic mass is 35.5. The molecule has 2 rings (SSSR count). The molecule has 0 aliphatic rings. The molecular weight excluding hydrogens is 439 g/mol. The summed E-state index contributed by atoms with van der Waals surface area (Å²) in [6.45, 7) is 6.76. The van der Waals surface area contributed by atoms with Crippen molar-refractivity contribution < 1.29 is 9.59 Å². The molecule has 2 aromatic rings. The number of benzene rings is 2. The largest absolute Gasteiger partial charge is 0.354 e. The average molecular weight is 467 g/mol. The Hall–Kier alpha value is -1.69. The molecule has 1 atom stereocenters. The predicted octanol–water partition coefficient (Wildman–Crippen LogP) is 5.73. The maximum absolute atomic E-state index is 13.2. The highest BCUT2D eigenvalue weighted by molar-refractivity contribution is 8.00. The number of hydrogen-bond donors (Lipinski definition) is 1. The Bertz CT molecular complexity index is 859. The van der Waals surface area contributed by atoms with Gasteiger partial charge in [-0.3, -0.25) is 9.59 Å². The molecule has 0 bridgehead atoms. The number of nitrogens with one attached hydrogen (secondary N) is 1. The van der Waals surface area contributed by atoms with Gasteiger partial charge in [-0.15, -0.1) is 11.8 Å². The molecule has 0 saturated heterocycles.